The van der Waals surface area contributed by atoms with Crippen LogP contribution in [0.25, 0.3) is 22.3 Å². The van der Waals surface area contributed by atoms with E-state index < -0.39 is 23.7 Å². The normalized spacial score (nSPS) is 19.4. The summed E-state index contributed by atoms with van der Waals surface area (Å²) in [6, 6.07) is 5.67. The van der Waals surface area contributed by atoms with Crippen LogP contribution in [-0.4, -0.2) is 55.0 Å². The minimum absolute atomic E-state index is 0.163. The van der Waals surface area contributed by atoms with Gasteiger partial charge in [-0.1, -0.05) is 26.8 Å². The van der Waals surface area contributed by atoms with E-state index in [4.69, 9.17) is 4.74 Å². The van der Waals surface area contributed by atoms with Crippen molar-refractivity contribution in [3.63, 3.8) is 0 Å². The average molecular weight is 415 g/mol. The monoisotopic (exact) mass is 415 g/mol. The minimum atomic E-state index is -1.01. The van der Waals surface area contributed by atoms with Gasteiger partial charge in [-0.05, 0) is 29.0 Å². The van der Waals surface area contributed by atoms with E-state index in [1.807, 2.05) is 20.8 Å². The van der Waals surface area contributed by atoms with Gasteiger partial charge in [0, 0.05) is 17.8 Å². The smallest absolute Gasteiger partial charge is 0.407 e. The van der Waals surface area contributed by atoms with Crippen molar-refractivity contribution >= 4 is 16.9 Å². The molecule has 0 radical (unpaired) electrons. The number of hydrogen-bond acceptors (Lipinski definition) is 5. The number of fused-ring (bicyclic) bond motifs is 1. The number of benzene rings is 1. The van der Waals surface area contributed by atoms with E-state index in [9.17, 15) is 19.1 Å². The fraction of sp³-hybridized carbons (Fsp3) is 0.400. The number of nitrogens with zero attached hydrogens (tertiary/aromatic N) is 3. The van der Waals surface area contributed by atoms with Crippen LogP contribution in [0.4, 0.5) is 9.18 Å². The third kappa shape index (κ3) is 3.72. The molecule has 0 saturated carbocycles. The van der Waals surface area contributed by atoms with Gasteiger partial charge < -0.3 is 14.7 Å². The Balaban J connectivity index is 1.73. The molecule has 10 heteroatoms. The first-order valence-corrected chi connectivity index (χ1v) is 9.53. The number of H-pyrrole nitrogens is 2. The number of aromatic amines is 2. The third-order valence-electron chi connectivity index (χ3n) is 5.29. The van der Waals surface area contributed by atoms with Gasteiger partial charge in [-0.15, -0.1) is 0 Å². The van der Waals surface area contributed by atoms with Crippen LogP contribution < -0.4 is 10.4 Å². The SMILES string of the molecule is CC(C)(C)C1CC(Oc2nc(-c3n[nH]c(=O)[nH]3)cc3ccc(F)cc23)CN1C(=O)O. The number of ether oxygens (including phenoxy) is 1. The third-order valence-corrected chi connectivity index (χ3v) is 5.29. The second kappa shape index (κ2) is 7.12. The van der Waals surface area contributed by atoms with Crippen molar-refractivity contribution in [3.05, 3.63) is 40.6 Å². The van der Waals surface area contributed by atoms with Crippen LogP contribution in [0.15, 0.2) is 29.1 Å². The maximum absolute atomic E-state index is 13.9. The zero-order valence-corrected chi connectivity index (χ0v) is 16.8. The lowest BCUT2D eigenvalue weighted by Gasteiger charge is -2.32. The highest BCUT2D eigenvalue weighted by molar-refractivity contribution is 5.89. The Morgan fingerprint density at radius 2 is 2.10 bits per heavy atom. The van der Waals surface area contributed by atoms with Gasteiger partial charge in [-0.3, -0.25) is 4.98 Å². The molecular weight excluding hydrogens is 393 g/mol. The number of halogens is 1. The summed E-state index contributed by atoms with van der Waals surface area (Å²) in [4.78, 5) is 31.5. The molecule has 1 fully saturated rings. The van der Waals surface area contributed by atoms with Crippen LogP contribution in [0.5, 0.6) is 5.88 Å². The number of aromatic nitrogens is 4. The van der Waals surface area contributed by atoms with Crippen molar-refractivity contribution in [2.45, 2.75) is 39.3 Å². The molecule has 2 unspecified atom stereocenters. The molecule has 1 amide bonds. The van der Waals surface area contributed by atoms with Crippen molar-refractivity contribution in [2.75, 3.05) is 6.54 Å². The molecule has 1 aliphatic heterocycles. The molecule has 30 heavy (non-hydrogen) atoms. The number of hydrogen-bond donors (Lipinski definition) is 3. The van der Waals surface area contributed by atoms with E-state index in [0.717, 1.165) is 0 Å². The summed E-state index contributed by atoms with van der Waals surface area (Å²) in [5, 5.41) is 16.9. The highest BCUT2D eigenvalue weighted by Gasteiger charge is 2.43. The summed E-state index contributed by atoms with van der Waals surface area (Å²) >= 11 is 0. The molecule has 0 aliphatic carbocycles. The zero-order valence-electron chi connectivity index (χ0n) is 16.8. The largest absolute Gasteiger partial charge is 0.472 e. The Morgan fingerprint density at radius 3 is 2.70 bits per heavy atom. The van der Waals surface area contributed by atoms with E-state index in [2.05, 4.69) is 20.2 Å². The number of carboxylic acid groups (broad SMARTS) is 1. The zero-order chi connectivity index (χ0) is 21.6. The summed E-state index contributed by atoms with van der Waals surface area (Å²) in [6.07, 6.45) is -0.969. The molecule has 3 N–H and O–H groups in total. The van der Waals surface area contributed by atoms with E-state index in [0.29, 0.717) is 22.9 Å². The molecule has 9 nitrogen and oxygen atoms in total. The highest BCUT2D eigenvalue weighted by Crippen LogP contribution is 2.36. The Morgan fingerprint density at radius 1 is 1.33 bits per heavy atom. The summed E-state index contributed by atoms with van der Waals surface area (Å²) in [5.41, 5.74) is -0.397. The predicted octanol–water partition coefficient (Wildman–Crippen LogP) is 3.00. The number of amides is 1. The lowest BCUT2D eigenvalue weighted by Crippen LogP contribution is -2.42. The van der Waals surface area contributed by atoms with Gasteiger partial charge in [0.05, 0.1) is 6.54 Å². The van der Waals surface area contributed by atoms with E-state index >= 15 is 0 Å². The number of carbonyl (C=O) groups is 1. The average Bonchev–Trinajstić information content (AvgIpc) is 3.28. The first kappa shape index (κ1) is 19.9. The molecule has 3 aromatic rings. The van der Waals surface area contributed by atoms with Gasteiger partial charge in [0.2, 0.25) is 5.88 Å². The molecule has 2 aromatic heterocycles. The lowest BCUT2D eigenvalue weighted by atomic mass is 9.85. The van der Waals surface area contributed by atoms with Crippen LogP contribution in [0.2, 0.25) is 0 Å². The summed E-state index contributed by atoms with van der Waals surface area (Å²) in [5.74, 6) is -0.0563. The highest BCUT2D eigenvalue weighted by atomic mass is 19.1. The molecule has 4 rings (SSSR count). The molecule has 1 aromatic carbocycles. The molecule has 1 saturated heterocycles. The molecule has 2 atom stereocenters. The van der Waals surface area contributed by atoms with Crippen molar-refractivity contribution in [1.82, 2.24) is 25.1 Å². The van der Waals surface area contributed by atoms with Gasteiger partial charge >= 0.3 is 11.8 Å². The number of pyridine rings is 1. The number of rotatable bonds is 3. The van der Waals surface area contributed by atoms with Crippen LogP contribution >= 0.6 is 0 Å². The Bertz CT molecular complexity index is 1170. The Labute approximate surface area is 170 Å². The lowest BCUT2D eigenvalue weighted by molar-refractivity contribution is 0.105. The summed E-state index contributed by atoms with van der Waals surface area (Å²) in [7, 11) is 0. The van der Waals surface area contributed by atoms with E-state index in [1.165, 1.54) is 17.0 Å². The number of nitrogens with one attached hydrogen (secondary N) is 2. The number of likely N-dealkylation sites (tertiary alicyclic amines) is 1. The van der Waals surface area contributed by atoms with Crippen molar-refractivity contribution < 1.29 is 19.0 Å². The van der Waals surface area contributed by atoms with Crippen LogP contribution in [-0.2, 0) is 0 Å². The fourth-order valence-electron chi connectivity index (χ4n) is 3.86. The molecular formula is C20H22FN5O4. The molecule has 1 aliphatic rings. The minimum Gasteiger partial charge on any atom is -0.472 e. The molecule has 0 spiro atoms. The van der Waals surface area contributed by atoms with Gasteiger partial charge in [-0.2, -0.15) is 5.10 Å². The van der Waals surface area contributed by atoms with Crippen LogP contribution in [0.3, 0.4) is 0 Å². The van der Waals surface area contributed by atoms with Gasteiger partial charge in [-0.25, -0.2) is 24.1 Å². The van der Waals surface area contributed by atoms with Gasteiger partial charge in [0.25, 0.3) is 0 Å². The standard InChI is InChI=1S/C20H22FN5O4/c1-20(2,3)15-8-12(9-26(15)19(28)29)30-17-13-7-11(21)5-4-10(13)6-14(22-17)16-23-18(27)25-24-16/h4-7,12,15H,8-9H2,1-3H3,(H,28,29)(H2,23,24,25,27). The summed E-state index contributed by atoms with van der Waals surface area (Å²) in [6.45, 7) is 6.12. The van der Waals surface area contributed by atoms with Crippen molar-refractivity contribution in [1.29, 1.82) is 0 Å². The van der Waals surface area contributed by atoms with Gasteiger partial charge in [0.15, 0.2) is 5.82 Å². The van der Waals surface area contributed by atoms with E-state index in [-0.39, 0.29) is 29.7 Å². The maximum atomic E-state index is 13.9. The topological polar surface area (TPSA) is 124 Å². The van der Waals surface area contributed by atoms with Gasteiger partial charge in [0.1, 0.15) is 17.6 Å². The second-order valence-electron chi connectivity index (χ2n) is 8.50. The first-order chi connectivity index (χ1) is 14.1. The molecule has 158 valence electrons. The van der Waals surface area contributed by atoms with Crippen molar-refractivity contribution in [3.8, 4) is 17.4 Å². The quantitative estimate of drug-likeness (QED) is 0.604. The van der Waals surface area contributed by atoms with Crippen LogP contribution in [0, 0.1) is 11.2 Å². The molecule has 3 heterocycles. The predicted molar refractivity (Wildman–Crippen MR) is 107 cm³/mol. The molecule has 0 bridgehead atoms. The fourth-order valence-corrected chi connectivity index (χ4v) is 3.86. The van der Waals surface area contributed by atoms with Crippen LogP contribution in [0.1, 0.15) is 27.2 Å². The van der Waals surface area contributed by atoms with Crippen molar-refractivity contribution in [2.24, 2.45) is 5.41 Å². The second-order valence-corrected chi connectivity index (χ2v) is 8.50. The summed E-state index contributed by atoms with van der Waals surface area (Å²) < 4.78 is 20.0. The maximum Gasteiger partial charge on any atom is 0.407 e. The Kier molecular flexibility index (Phi) is 4.71. The first-order valence-electron chi connectivity index (χ1n) is 9.53. The Hall–Kier alpha value is -3.43. The van der Waals surface area contributed by atoms with E-state index in [1.54, 1.807) is 12.1 Å².